The van der Waals surface area contributed by atoms with Crippen LogP contribution in [0, 0.1) is 13.8 Å². The molecule has 3 nitrogen and oxygen atoms in total. The minimum Gasteiger partial charge on any atom is -0.373 e. The zero-order valence-electron chi connectivity index (χ0n) is 11.9. The first-order chi connectivity index (χ1) is 9.15. The maximum Gasteiger partial charge on any atom is 0.0895 e. The number of aryl methyl sites for hydroxylation is 2. The van der Waals surface area contributed by atoms with Gasteiger partial charge in [-0.2, -0.15) is 0 Å². The van der Waals surface area contributed by atoms with Gasteiger partial charge < -0.3 is 10.5 Å². The Balaban J connectivity index is 1.74. The van der Waals surface area contributed by atoms with E-state index in [0.29, 0.717) is 6.04 Å². The summed E-state index contributed by atoms with van der Waals surface area (Å²) in [5.74, 6) is 0. The van der Waals surface area contributed by atoms with Crippen molar-refractivity contribution in [2.45, 2.75) is 44.9 Å². The summed E-state index contributed by atoms with van der Waals surface area (Å²) >= 11 is 0. The van der Waals surface area contributed by atoms with E-state index in [9.17, 15) is 0 Å². The summed E-state index contributed by atoms with van der Waals surface area (Å²) in [4.78, 5) is 2.55. The van der Waals surface area contributed by atoms with Gasteiger partial charge in [0.15, 0.2) is 0 Å². The minimum atomic E-state index is -0.0119. The molecule has 3 heteroatoms. The van der Waals surface area contributed by atoms with Gasteiger partial charge in [0, 0.05) is 12.6 Å². The molecule has 1 aromatic rings. The second-order valence-electron chi connectivity index (χ2n) is 6.05. The number of hydrogen-bond donors (Lipinski definition) is 1. The van der Waals surface area contributed by atoms with Crippen molar-refractivity contribution >= 4 is 0 Å². The third kappa shape index (κ3) is 2.55. The minimum absolute atomic E-state index is 0.0119. The van der Waals surface area contributed by atoms with Crippen LogP contribution in [0.3, 0.4) is 0 Å². The molecule has 3 atom stereocenters. The van der Waals surface area contributed by atoms with Crippen LogP contribution in [0.5, 0.6) is 0 Å². The van der Waals surface area contributed by atoms with Crippen molar-refractivity contribution in [2.75, 3.05) is 19.7 Å². The molecule has 104 valence electrons. The van der Waals surface area contributed by atoms with Crippen molar-refractivity contribution in [3.05, 3.63) is 34.9 Å². The van der Waals surface area contributed by atoms with E-state index in [1.807, 2.05) is 0 Å². The third-order valence-corrected chi connectivity index (χ3v) is 4.60. The van der Waals surface area contributed by atoms with Gasteiger partial charge in [-0.1, -0.05) is 23.8 Å². The van der Waals surface area contributed by atoms with E-state index in [2.05, 4.69) is 36.9 Å². The molecule has 0 bridgehead atoms. The quantitative estimate of drug-likeness (QED) is 0.885. The van der Waals surface area contributed by atoms with E-state index in [-0.39, 0.29) is 12.1 Å². The summed E-state index contributed by atoms with van der Waals surface area (Å²) in [5, 5.41) is 0. The molecule has 2 fully saturated rings. The van der Waals surface area contributed by atoms with E-state index in [1.165, 1.54) is 36.1 Å². The van der Waals surface area contributed by atoms with E-state index in [1.54, 1.807) is 0 Å². The predicted octanol–water partition coefficient (Wildman–Crippen LogP) is 2.17. The smallest absolute Gasteiger partial charge is 0.0895 e. The van der Waals surface area contributed by atoms with E-state index in [0.717, 1.165) is 13.2 Å². The number of nitrogens with two attached hydrogens (primary N) is 1. The molecule has 0 spiro atoms. The Labute approximate surface area is 115 Å². The highest BCUT2D eigenvalue weighted by molar-refractivity contribution is 5.33. The lowest BCUT2D eigenvalue weighted by molar-refractivity contribution is -0.0597. The van der Waals surface area contributed by atoms with E-state index in [4.69, 9.17) is 10.5 Å². The molecule has 2 aliphatic heterocycles. The average Bonchev–Trinajstić information content (AvgIpc) is 2.85. The number of hydrogen-bond acceptors (Lipinski definition) is 3. The molecule has 0 amide bonds. The van der Waals surface area contributed by atoms with Gasteiger partial charge in [-0.25, -0.2) is 0 Å². The van der Waals surface area contributed by atoms with Crippen LogP contribution in [0.2, 0.25) is 0 Å². The van der Waals surface area contributed by atoms with Gasteiger partial charge in [-0.05, 0) is 44.4 Å². The maximum atomic E-state index is 6.45. The number of morpholine rings is 1. The van der Waals surface area contributed by atoms with Crippen LogP contribution in [-0.4, -0.2) is 36.7 Å². The van der Waals surface area contributed by atoms with Gasteiger partial charge in [-0.15, -0.1) is 0 Å². The van der Waals surface area contributed by atoms with E-state index < -0.39 is 0 Å². The number of rotatable bonds is 2. The lowest BCUT2D eigenvalue weighted by Gasteiger charge is -2.38. The molecule has 1 aromatic carbocycles. The molecule has 0 saturated carbocycles. The second-order valence-corrected chi connectivity index (χ2v) is 6.05. The zero-order valence-corrected chi connectivity index (χ0v) is 11.9. The summed E-state index contributed by atoms with van der Waals surface area (Å²) in [6.45, 7) is 7.31. The molecule has 2 aliphatic rings. The molecular weight excluding hydrogens is 236 g/mol. The van der Waals surface area contributed by atoms with Crippen LogP contribution in [-0.2, 0) is 4.74 Å². The SMILES string of the molecule is Cc1ccc(C(N)C2CN3CCCC3CO2)c(C)c1. The largest absolute Gasteiger partial charge is 0.373 e. The van der Waals surface area contributed by atoms with Crippen molar-refractivity contribution < 1.29 is 4.74 Å². The molecule has 0 radical (unpaired) electrons. The number of benzene rings is 1. The standard InChI is InChI=1S/C16H24N2O/c1-11-5-6-14(12(2)8-11)16(17)15-9-18-7-3-4-13(18)10-19-15/h5-6,8,13,15-16H,3-4,7,9-10,17H2,1-2H3. The molecule has 3 unspecified atom stereocenters. The normalized spacial score (nSPS) is 29.2. The monoisotopic (exact) mass is 260 g/mol. The van der Waals surface area contributed by atoms with Crippen LogP contribution in [0.4, 0.5) is 0 Å². The van der Waals surface area contributed by atoms with Crippen LogP contribution >= 0.6 is 0 Å². The number of fused-ring (bicyclic) bond motifs is 1. The Hall–Kier alpha value is -0.900. The van der Waals surface area contributed by atoms with Crippen molar-refractivity contribution in [2.24, 2.45) is 5.73 Å². The Bertz CT molecular complexity index is 460. The van der Waals surface area contributed by atoms with Crippen molar-refractivity contribution in [3.8, 4) is 0 Å². The summed E-state index contributed by atoms with van der Waals surface area (Å²) < 4.78 is 6.03. The summed E-state index contributed by atoms with van der Waals surface area (Å²) in [7, 11) is 0. The Morgan fingerprint density at radius 2 is 2.21 bits per heavy atom. The predicted molar refractivity (Wildman–Crippen MR) is 77.2 cm³/mol. The van der Waals surface area contributed by atoms with Crippen LogP contribution in [0.1, 0.15) is 35.6 Å². The Morgan fingerprint density at radius 3 is 3.00 bits per heavy atom. The molecule has 0 aliphatic carbocycles. The van der Waals surface area contributed by atoms with Crippen LogP contribution in [0.25, 0.3) is 0 Å². The van der Waals surface area contributed by atoms with Crippen molar-refractivity contribution in [1.29, 1.82) is 0 Å². The maximum absolute atomic E-state index is 6.45. The summed E-state index contributed by atoms with van der Waals surface area (Å²) in [6, 6.07) is 7.14. The fourth-order valence-electron chi connectivity index (χ4n) is 3.46. The van der Waals surface area contributed by atoms with Gasteiger partial charge in [-0.3, -0.25) is 4.90 Å². The molecule has 3 rings (SSSR count). The van der Waals surface area contributed by atoms with Gasteiger partial charge in [0.05, 0.1) is 18.8 Å². The van der Waals surface area contributed by atoms with Crippen LogP contribution < -0.4 is 5.73 Å². The Kier molecular flexibility index (Phi) is 3.61. The highest BCUT2D eigenvalue weighted by atomic mass is 16.5. The second kappa shape index (κ2) is 5.23. The zero-order chi connectivity index (χ0) is 13.4. The highest BCUT2D eigenvalue weighted by Gasteiger charge is 2.35. The van der Waals surface area contributed by atoms with Gasteiger partial charge >= 0.3 is 0 Å². The summed E-state index contributed by atoms with van der Waals surface area (Å²) in [5.41, 5.74) is 10.2. The lowest BCUT2D eigenvalue weighted by Crippen LogP contribution is -2.49. The average molecular weight is 260 g/mol. The van der Waals surface area contributed by atoms with Gasteiger partial charge in [0.1, 0.15) is 0 Å². The van der Waals surface area contributed by atoms with Crippen LogP contribution in [0.15, 0.2) is 18.2 Å². The topological polar surface area (TPSA) is 38.5 Å². The van der Waals surface area contributed by atoms with E-state index >= 15 is 0 Å². The first-order valence-corrected chi connectivity index (χ1v) is 7.33. The number of ether oxygens (including phenoxy) is 1. The van der Waals surface area contributed by atoms with Crippen molar-refractivity contribution in [3.63, 3.8) is 0 Å². The first-order valence-electron chi connectivity index (χ1n) is 7.33. The molecule has 2 heterocycles. The highest BCUT2D eigenvalue weighted by Crippen LogP contribution is 2.28. The first kappa shape index (κ1) is 13.1. The van der Waals surface area contributed by atoms with Gasteiger partial charge in [0.2, 0.25) is 0 Å². The molecular formula is C16H24N2O. The molecule has 0 aromatic heterocycles. The fourth-order valence-corrected chi connectivity index (χ4v) is 3.46. The lowest BCUT2D eigenvalue weighted by atomic mass is 9.95. The Morgan fingerprint density at radius 1 is 1.37 bits per heavy atom. The molecule has 2 saturated heterocycles. The number of nitrogens with zero attached hydrogens (tertiary/aromatic N) is 1. The van der Waals surface area contributed by atoms with Crippen molar-refractivity contribution in [1.82, 2.24) is 4.90 Å². The third-order valence-electron chi connectivity index (χ3n) is 4.60. The molecule has 19 heavy (non-hydrogen) atoms. The summed E-state index contributed by atoms with van der Waals surface area (Å²) in [6.07, 6.45) is 2.72. The fraction of sp³-hybridized carbons (Fsp3) is 0.625. The molecule has 2 N–H and O–H groups in total. The van der Waals surface area contributed by atoms with Gasteiger partial charge in [0.25, 0.3) is 0 Å².